The first-order valence-electron chi connectivity index (χ1n) is 7.10. The molecule has 0 aromatic rings. The van der Waals surface area contributed by atoms with Gasteiger partial charge < -0.3 is 5.32 Å². The summed E-state index contributed by atoms with van der Waals surface area (Å²) in [5.74, 6) is 0. The molecule has 0 aromatic heterocycles. The van der Waals surface area contributed by atoms with Crippen molar-refractivity contribution in [2.75, 3.05) is 19.6 Å². The van der Waals surface area contributed by atoms with Crippen molar-refractivity contribution in [1.29, 1.82) is 0 Å². The molecule has 2 atom stereocenters. The normalized spacial score (nSPS) is 29.5. The van der Waals surface area contributed by atoms with Gasteiger partial charge in [-0.3, -0.25) is 4.90 Å². The maximum atomic E-state index is 12.0. The summed E-state index contributed by atoms with van der Waals surface area (Å²) in [6, 6.07) is 1.15. The molecule has 106 valence electrons. The molecule has 5 heteroatoms. The van der Waals surface area contributed by atoms with Crippen LogP contribution in [0.4, 0.5) is 13.2 Å². The fraction of sp³-hybridized carbons (Fsp3) is 1.00. The Morgan fingerprint density at radius 3 is 2.67 bits per heavy atom. The van der Waals surface area contributed by atoms with Crippen LogP contribution in [-0.2, 0) is 0 Å². The average molecular weight is 264 g/mol. The van der Waals surface area contributed by atoms with Crippen LogP contribution in [0.2, 0.25) is 0 Å². The molecular weight excluding hydrogens is 241 g/mol. The van der Waals surface area contributed by atoms with Gasteiger partial charge in [0.2, 0.25) is 0 Å². The Morgan fingerprint density at radius 1 is 1.06 bits per heavy atom. The number of piperidine rings is 1. The first-order valence-corrected chi connectivity index (χ1v) is 7.10. The molecule has 0 aliphatic carbocycles. The molecule has 0 radical (unpaired) electrons. The Labute approximate surface area is 107 Å². The lowest BCUT2D eigenvalue weighted by Crippen LogP contribution is -2.45. The maximum Gasteiger partial charge on any atom is 0.389 e. The van der Waals surface area contributed by atoms with Gasteiger partial charge in [-0.1, -0.05) is 6.42 Å². The zero-order chi connectivity index (χ0) is 13.0. The summed E-state index contributed by atoms with van der Waals surface area (Å²) < 4.78 is 35.9. The Kier molecular flexibility index (Phi) is 4.90. The van der Waals surface area contributed by atoms with Gasteiger partial charge in [-0.2, -0.15) is 13.2 Å². The van der Waals surface area contributed by atoms with Crippen LogP contribution in [0.5, 0.6) is 0 Å². The van der Waals surface area contributed by atoms with Crippen molar-refractivity contribution in [3.8, 4) is 0 Å². The number of nitrogens with zero attached hydrogens (tertiary/aromatic N) is 1. The predicted octanol–water partition coefficient (Wildman–Crippen LogP) is 2.94. The number of unbranched alkanes of at least 4 members (excludes halogenated alkanes) is 1. The molecule has 2 unspecified atom stereocenters. The third kappa shape index (κ3) is 4.12. The van der Waals surface area contributed by atoms with E-state index in [1.54, 1.807) is 0 Å². The quantitative estimate of drug-likeness (QED) is 0.768. The van der Waals surface area contributed by atoms with Crippen LogP contribution in [0.15, 0.2) is 0 Å². The highest BCUT2D eigenvalue weighted by Crippen LogP contribution is 2.27. The number of nitrogens with one attached hydrogen (secondary N) is 1. The number of alkyl halides is 3. The molecule has 2 nitrogen and oxygen atoms in total. The van der Waals surface area contributed by atoms with Crippen LogP contribution in [0, 0.1) is 0 Å². The molecule has 18 heavy (non-hydrogen) atoms. The van der Waals surface area contributed by atoms with Crippen molar-refractivity contribution < 1.29 is 13.2 Å². The minimum atomic E-state index is -3.99. The molecule has 2 aliphatic heterocycles. The first kappa shape index (κ1) is 14.1. The average Bonchev–Trinajstić information content (AvgIpc) is 2.71. The fourth-order valence-electron chi connectivity index (χ4n) is 3.22. The van der Waals surface area contributed by atoms with Crippen molar-refractivity contribution in [1.82, 2.24) is 10.2 Å². The summed E-state index contributed by atoms with van der Waals surface area (Å²) in [6.45, 7) is 3.09. The molecule has 0 amide bonds. The fourth-order valence-corrected chi connectivity index (χ4v) is 3.22. The van der Waals surface area contributed by atoms with Gasteiger partial charge in [0.15, 0.2) is 0 Å². The summed E-state index contributed by atoms with van der Waals surface area (Å²) in [4.78, 5) is 2.54. The molecule has 0 saturated carbocycles. The van der Waals surface area contributed by atoms with E-state index in [1.807, 2.05) is 0 Å². The molecule has 0 spiro atoms. The van der Waals surface area contributed by atoms with E-state index >= 15 is 0 Å². The van der Waals surface area contributed by atoms with Gasteiger partial charge >= 0.3 is 6.18 Å². The number of halogens is 3. The molecular formula is C13H23F3N2. The van der Waals surface area contributed by atoms with Crippen LogP contribution in [-0.4, -0.2) is 42.8 Å². The van der Waals surface area contributed by atoms with E-state index in [1.165, 1.54) is 25.8 Å². The van der Waals surface area contributed by atoms with Gasteiger partial charge in [-0.05, 0) is 45.2 Å². The van der Waals surface area contributed by atoms with Gasteiger partial charge in [0.25, 0.3) is 0 Å². The molecule has 2 rings (SSSR count). The third-order valence-electron chi connectivity index (χ3n) is 4.15. The molecule has 2 heterocycles. The van der Waals surface area contributed by atoms with E-state index in [9.17, 15) is 13.2 Å². The van der Waals surface area contributed by atoms with Crippen LogP contribution in [0.25, 0.3) is 0 Å². The van der Waals surface area contributed by atoms with Gasteiger partial charge in [-0.25, -0.2) is 0 Å². The molecule has 2 saturated heterocycles. The largest absolute Gasteiger partial charge is 0.389 e. The second-order valence-corrected chi connectivity index (χ2v) is 5.52. The summed E-state index contributed by atoms with van der Waals surface area (Å²) in [5, 5.41) is 3.46. The molecule has 2 aliphatic rings. The predicted molar refractivity (Wildman–Crippen MR) is 65.5 cm³/mol. The highest BCUT2D eigenvalue weighted by Gasteiger charge is 2.34. The van der Waals surface area contributed by atoms with Crippen molar-refractivity contribution in [3.05, 3.63) is 0 Å². The lowest BCUT2D eigenvalue weighted by Gasteiger charge is -2.32. The van der Waals surface area contributed by atoms with E-state index in [0.29, 0.717) is 18.5 Å². The standard InChI is InChI=1S/C13H23F3N2/c14-13(15,16)7-2-3-8-17-11-6-10-18-9-4-1-5-12(11)18/h11-12,17H,1-10H2. The lowest BCUT2D eigenvalue weighted by atomic mass is 9.99. The van der Waals surface area contributed by atoms with E-state index in [-0.39, 0.29) is 6.42 Å². The van der Waals surface area contributed by atoms with Crippen LogP contribution < -0.4 is 5.32 Å². The minimum Gasteiger partial charge on any atom is -0.312 e. The SMILES string of the molecule is FC(F)(F)CCCCNC1CCN2CCCCC12. The lowest BCUT2D eigenvalue weighted by molar-refractivity contribution is -0.135. The summed E-state index contributed by atoms with van der Waals surface area (Å²) in [6.07, 6.45) is 1.25. The molecule has 0 aromatic carbocycles. The van der Waals surface area contributed by atoms with Crippen molar-refractivity contribution in [3.63, 3.8) is 0 Å². The van der Waals surface area contributed by atoms with Gasteiger partial charge in [-0.15, -0.1) is 0 Å². The number of hydrogen-bond acceptors (Lipinski definition) is 2. The highest BCUT2D eigenvalue weighted by molar-refractivity contribution is 4.93. The first-order chi connectivity index (χ1) is 8.56. The second-order valence-electron chi connectivity index (χ2n) is 5.52. The topological polar surface area (TPSA) is 15.3 Å². The van der Waals surface area contributed by atoms with Crippen LogP contribution in [0.1, 0.15) is 44.9 Å². The molecule has 2 fully saturated rings. The van der Waals surface area contributed by atoms with Crippen LogP contribution >= 0.6 is 0 Å². The number of rotatable bonds is 5. The highest BCUT2D eigenvalue weighted by atomic mass is 19.4. The van der Waals surface area contributed by atoms with Crippen molar-refractivity contribution in [2.24, 2.45) is 0 Å². The van der Waals surface area contributed by atoms with E-state index in [4.69, 9.17) is 0 Å². The van der Waals surface area contributed by atoms with E-state index < -0.39 is 12.6 Å². The monoisotopic (exact) mass is 264 g/mol. The van der Waals surface area contributed by atoms with Crippen molar-refractivity contribution in [2.45, 2.75) is 63.2 Å². The van der Waals surface area contributed by atoms with E-state index in [0.717, 1.165) is 19.5 Å². The van der Waals surface area contributed by atoms with E-state index in [2.05, 4.69) is 10.2 Å². The number of fused-ring (bicyclic) bond motifs is 1. The maximum absolute atomic E-state index is 12.0. The van der Waals surface area contributed by atoms with Gasteiger partial charge in [0, 0.05) is 25.0 Å². The molecule has 0 bridgehead atoms. The molecule has 1 N–H and O–H groups in total. The second kappa shape index (κ2) is 6.24. The van der Waals surface area contributed by atoms with Gasteiger partial charge in [0.05, 0.1) is 0 Å². The number of hydrogen-bond donors (Lipinski definition) is 1. The Morgan fingerprint density at radius 2 is 1.89 bits per heavy atom. The van der Waals surface area contributed by atoms with Crippen LogP contribution in [0.3, 0.4) is 0 Å². The Hall–Kier alpha value is -0.290. The van der Waals surface area contributed by atoms with Gasteiger partial charge in [0.1, 0.15) is 0 Å². The smallest absolute Gasteiger partial charge is 0.312 e. The zero-order valence-electron chi connectivity index (χ0n) is 10.8. The summed E-state index contributed by atoms with van der Waals surface area (Å²) in [7, 11) is 0. The summed E-state index contributed by atoms with van der Waals surface area (Å²) in [5.41, 5.74) is 0. The van der Waals surface area contributed by atoms with Crippen molar-refractivity contribution >= 4 is 0 Å². The zero-order valence-corrected chi connectivity index (χ0v) is 10.8. The Bertz CT molecular complexity index is 255. The summed E-state index contributed by atoms with van der Waals surface area (Å²) >= 11 is 0. The Balaban J connectivity index is 1.59. The third-order valence-corrected chi connectivity index (χ3v) is 4.15. The minimum absolute atomic E-state index is 0.248.